The molecule has 5 aliphatic carbocycles. The van der Waals surface area contributed by atoms with E-state index in [1.165, 1.54) is 72.4 Å². The van der Waals surface area contributed by atoms with Crippen molar-refractivity contribution in [1.29, 1.82) is 10.5 Å². The number of hydrogen-bond acceptors (Lipinski definition) is 27. The summed E-state index contributed by atoms with van der Waals surface area (Å²) in [4.78, 5) is 71.7. The van der Waals surface area contributed by atoms with Gasteiger partial charge in [0.05, 0.1) is 132 Å². The second-order valence-electron chi connectivity index (χ2n) is 39.4. The fourth-order valence-electron chi connectivity index (χ4n) is 14.5. The zero-order valence-corrected chi connectivity index (χ0v) is 84.4. The number of alkyl halides is 3. The Morgan fingerprint density at radius 2 is 0.868 bits per heavy atom. The molecule has 13 N–H and O–H groups in total. The molecule has 8 heterocycles. The van der Waals surface area contributed by atoms with Crippen LogP contribution in [-0.4, -0.2) is 261 Å². The maximum Gasteiger partial charge on any atom is 0.514 e. The number of hydrogen-bond donors (Lipinski definition) is 12. The highest BCUT2D eigenvalue weighted by Crippen LogP contribution is 2.39. The first kappa shape index (κ1) is 116. The second-order valence-corrected chi connectivity index (χ2v) is 40.6. The molecule has 0 unspecified atom stereocenters. The summed E-state index contributed by atoms with van der Waals surface area (Å²) in [7, 11) is 6.35. The van der Waals surface area contributed by atoms with Gasteiger partial charge in [-0.1, -0.05) is 34.8 Å². The van der Waals surface area contributed by atoms with E-state index in [0.29, 0.717) is 75.8 Å². The SMILES string of the molecule is CC(C)(C)OC(=O)NC1CC(CO)C1.CC(C)(O)[C@H](F)CNC(=O)c1cnc(Cl)cc1Cl.CC1(C)OB(c2ccc3cc(C#N)cnn23)OC1(C)C.COCC1CC(N)C1.COCC1CC(NC(=O)OC(C)(C)C)C1.COCC1CC(Nc2cc(-c3ccc4cc(C#N)cnn34)ncc2C(=O)NC[C@@H](F)C(C)(C)O)C1.COCC1CC(Nc2cc(Cl)ncc2C(=O)NC[C@@H](F)C(C)(C)O)C1.Cl. The maximum atomic E-state index is 14.2. The molecule has 0 radical (unpaired) electrons. The Hall–Kier alpha value is -9.07. The predicted molar refractivity (Wildman–Crippen MR) is 517 cm³/mol. The highest BCUT2D eigenvalue weighted by molar-refractivity contribution is 6.61. The lowest BCUT2D eigenvalue weighted by Gasteiger charge is -2.36. The van der Waals surface area contributed by atoms with Crippen LogP contribution in [-0.2, 0) is 37.7 Å². The van der Waals surface area contributed by atoms with Gasteiger partial charge in [0.15, 0.2) is 0 Å². The van der Waals surface area contributed by atoms with Crippen LogP contribution in [0.1, 0.15) is 217 Å². The monoisotopic (exact) mass is 1980 g/mol. The second kappa shape index (κ2) is 51.7. The standard InChI is InChI=1S/C25H29FN6O3.C17H25ClFN3O3.C14H16BN3O2.C11H13Cl2FN2O2.C11H21NO3.C10H19NO3.C6H13NO.ClH/c1-25(2,34)23(26)13-29-24(33)19-12-28-21(9-20(19)31-17-6-15(7-17)14-35-3)22-5-4-18-8-16(10-27)11-30-32(18)22;1-17(2,24)14(19)8-21-16(23)12-7-20-15(18)6-13(12)22-11-4-10(5-11)9-25-3;1-13(2)14(3,4)20-15(19-13)12-6-5-11-7-10(8-16)9-17-18(11)12;1-11(2,18)8(14)5-16-10(17)6-4-15-9(13)3-7(6)12;1-11(2,3)15-10(13)12-9-5-8(6-9)7-14-4;1-10(2,3)14-9(13)11-8-4-7(5-8)6-12;1-8-4-5-2-6(7)3-5;/h4-5,8-9,11-12,15,17,23,34H,6-7,13-14H2,1-3H3,(H,28,31)(H,29,33);6-7,10-11,14,24H,4-5,8-9H2,1-3H3,(H,20,22)(H,21,23);5-7,9H,1-4H3;3-4,8,18H,5H2,1-2H3,(H,16,17);8-9H,5-7H2,1-4H3,(H,12,13);7-8,12H,4-6H2,1-3H3,(H,11,13);5-6H,2-4,7H2,1H3;1H/t15?,17?,23-;10?,11?,14-;;8-;;;;/m11.1..../s1. The zero-order chi connectivity index (χ0) is 100. The Morgan fingerprint density at radius 3 is 1.25 bits per heavy atom. The molecular weight excluding hydrogens is 1850 g/mol. The van der Waals surface area contributed by atoms with Crippen molar-refractivity contribution in [2.45, 2.75) is 263 Å². The lowest BCUT2D eigenvalue weighted by Crippen LogP contribution is -2.47. The van der Waals surface area contributed by atoms with Crippen molar-refractivity contribution in [2.75, 3.05) is 91.7 Å². The van der Waals surface area contributed by atoms with Gasteiger partial charge < -0.3 is 101 Å². The first-order valence-electron chi connectivity index (χ1n) is 45.0. The summed E-state index contributed by atoms with van der Waals surface area (Å²) in [5.74, 6) is 1.16. The van der Waals surface area contributed by atoms with Crippen molar-refractivity contribution in [3.8, 4) is 23.5 Å². The molecule has 6 aliphatic rings. The molecule has 42 heteroatoms. The largest absolute Gasteiger partial charge is 0.514 e. The topological polar surface area (TPSA) is 471 Å². The number of halogens is 7. The Bertz CT molecular complexity index is 5090. The summed E-state index contributed by atoms with van der Waals surface area (Å²) < 4.78 is 87.5. The van der Waals surface area contributed by atoms with E-state index in [4.69, 9.17) is 93.9 Å². The number of alkyl carbamates (subject to hydrolysis) is 2. The van der Waals surface area contributed by atoms with Crippen LogP contribution in [0.15, 0.2) is 85.6 Å². The molecule has 3 atom stereocenters. The van der Waals surface area contributed by atoms with E-state index >= 15 is 0 Å². The van der Waals surface area contributed by atoms with E-state index in [1.807, 2.05) is 93.5 Å². The van der Waals surface area contributed by atoms with Crippen LogP contribution in [0.5, 0.6) is 0 Å². The van der Waals surface area contributed by atoms with Gasteiger partial charge in [-0.15, -0.1) is 12.4 Å². The fourth-order valence-corrected chi connectivity index (χ4v) is 15.1. The molecule has 7 aromatic rings. The average molecular weight is 1990 g/mol. The number of fused-ring (bicyclic) bond motifs is 2. The van der Waals surface area contributed by atoms with Crippen LogP contribution in [0.25, 0.3) is 22.4 Å². The van der Waals surface area contributed by atoms with Crippen LogP contribution in [0.4, 0.5) is 34.1 Å². The van der Waals surface area contributed by atoms with E-state index in [-0.39, 0.29) is 113 Å². The number of aromatic nitrogens is 7. The number of carbonyl (C=O) groups is 5. The highest BCUT2D eigenvalue weighted by atomic mass is 35.5. The lowest BCUT2D eigenvalue weighted by molar-refractivity contribution is -0.00209. The number of carbonyl (C=O) groups excluding carboxylic acids is 5. The number of nitrogens with two attached hydrogens (primary N) is 1. The molecule has 7 aromatic heterocycles. The number of nitriles is 2. The number of methoxy groups -OCH3 is 4. The number of nitrogens with one attached hydrogen (secondary N) is 7. The van der Waals surface area contributed by atoms with Gasteiger partial charge in [0.2, 0.25) is 0 Å². The Morgan fingerprint density at radius 1 is 0.515 bits per heavy atom. The number of rotatable bonds is 29. The Kier molecular flexibility index (Phi) is 44.0. The third-order valence-electron chi connectivity index (χ3n) is 23.2. The van der Waals surface area contributed by atoms with Gasteiger partial charge in [0.1, 0.15) is 52.2 Å². The number of nitrogens with zero attached hydrogens (tertiary/aromatic N) is 9. The molecule has 1 aliphatic heterocycles. The average Bonchev–Trinajstić information content (AvgIpc) is 1.60. The number of pyridine rings is 3. The summed E-state index contributed by atoms with van der Waals surface area (Å²) in [5.41, 5.74) is 5.88. The molecule has 0 aromatic carbocycles. The van der Waals surface area contributed by atoms with Gasteiger partial charge in [0, 0.05) is 110 Å². The van der Waals surface area contributed by atoms with E-state index in [9.17, 15) is 52.5 Å². The summed E-state index contributed by atoms with van der Waals surface area (Å²) in [6.45, 7) is 29.6. The molecule has 752 valence electrons. The van der Waals surface area contributed by atoms with Crippen LogP contribution in [0, 0.1) is 52.3 Å². The minimum absolute atomic E-state index is 0. The molecule has 34 nitrogen and oxygen atoms in total. The van der Waals surface area contributed by atoms with E-state index in [0.717, 1.165) is 107 Å². The normalized spacial score (nSPS) is 21.1. The molecule has 13 rings (SSSR count). The van der Waals surface area contributed by atoms with Crippen LogP contribution in [0.3, 0.4) is 0 Å². The van der Waals surface area contributed by atoms with Gasteiger partial charge in [-0.05, 0) is 259 Å². The number of ether oxygens (including phenoxy) is 6. The van der Waals surface area contributed by atoms with Crippen molar-refractivity contribution >= 4 is 112 Å². The van der Waals surface area contributed by atoms with Crippen molar-refractivity contribution < 1.29 is 95.3 Å². The van der Waals surface area contributed by atoms with Crippen molar-refractivity contribution in [2.24, 2.45) is 35.3 Å². The molecule has 6 fully saturated rings. The first-order chi connectivity index (χ1) is 63.1. The third kappa shape index (κ3) is 36.3. The number of amides is 5. The molecular formula is C94H137BCl4F3N17O17. The lowest BCUT2D eigenvalue weighted by atomic mass is 9.80. The molecule has 0 bridgehead atoms. The molecule has 0 spiro atoms. The van der Waals surface area contributed by atoms with Gasteiger partial charge in [-0.3, -0.25) is 19.4 Å². The Labute approximate surface area is 816 Å². The molecule has 1 saturated heterocycles. The number of aliphatic hydroxyl groups excluding tert-OH is 1. The van der Waals surface area contributed by atoms with Gasteiger partial charge in [0.25, 0.3) is 17.7 Å². The quantitative estimate of drug-likeness (QED) is 0.0153. The number of aliphatic hydroxyl groups is 4. The maximum absolute atomic E-state index is 14.2. The summed E-state index contributed by atoms with van der Waals surface area (Å²) in [5, 5.41) is 84.5. The van der Waals surface area contributed by atoms with Gasteiger partial charge in [-0.2, -0.15) is 20.7 Å². The van der Waals surface area contributed by atoms with Gasteiger partial charge >= 0.3 is 19.3 Å². The smallest absolute Gasteiger partial charge is 0.444 e. The van der Waals surface area contributed by atoms with E-state index in [2.05, 4.69) is 74.5 Å². The van der Waals surface area contributed by atoms with Crippen molar-refractivity contribution in [1.82, 2.24) is 60.8 Å². The minimum Gasteiger partial charge on any atom is -0.444 e. The van der Waals surface area contributed by atoms with Crippen molar-refractivity contribution in [3.05, 3.63) is 129 Å². The van der Waals surface area contributed by atoms with Crippen molar-refractivity contribution in [3.63, 3.8) is 0 Å². The van der Waals surface area contributed by atoms with Crippen LogP contribution >= 0.6 is 47.2 Å². The van der Waals surface area contributed by atoms with Crippen LogP contribution in [0.2, 0.25) is 15.3 Å². The first-order valence-corrected chi connectivity index (χ1v) is 46.1. The zero-order valence-electron chi connectivity index (χ0n) is 81.3. The predicted octanol–water partition coefficient (Wildman–Crippen LogP) is 13.1. The fraction of sp³-hybridized carbons (Fsp3) is 0.617. The summed E-state index contributed by atoms with van der Waals surface area (Å²) in [6, 6.07) is 21.2. The summed E-state index contributed by atoms with van der Waals surface area (Å²) in [6.07, 6.45) is 11.3. The molecule has 136 heavy (non-hydrogen) atoms. The minimum atomic E-state index is -1.62. The molecule has 5 amide bonds. The number of anilines is 2. The van der Waals surface area contributed by atoms with E-state index < -0.39 is 71.4 Å². The molecule has 5 saturated carbocycles. The summed E-state index contributed by atoms with van der Waals surface area (Å²) >= 11 is 17.3. The Balaban J connectivity index is 0.000000253. The van der Waals surface area contributed by atoms with Crippen LogP contribution < -0.4 is 48.5 Å². The third-order valence-corrected chi connectivity index (χ3v) is 24.0. The van der Waals surface area contributed by atoms with Gasteiger partial charge in [-0.25, -0.2) is 41.8 Å². The highest BCUT2D eigenvalue weighted by Gasteiger charge is 2.53. The van der Waals surface area contributed by atoms with E-state index in [1.54, 1.807) is 67.9 Å².